The summed E-state index contributed by atoms with van der Waals surface area (Å²) in [5, 5.41) is 0. The number of thioether (sulfide) groups is 1. The van der Waals surface area contributed by atoms with Gasteiger partial charge in [0.05, 0.1) is 4.75 Å². The van der Waals surface area contributed by atoms with Crippen LogP contribution in [0, 0.1) is 12.3 Å². The maximum absolute atomic E-state index is 13.3. The molecule has 1 amide bonds. The van der Waals surface area contributed by atoms with E-state index in [4.69, 9.17) is 5.73 Å². The number of amides is 1. The highest BCUT2D eigenvalue weighted by atomic mass is 35.5. The summed E-state index contributed by atoms with van der Waals surface area (Å²) < 4.78 is -0.255. The van der Waals surface area contributed by atoms with Crippen LogP contribution in [0.1, 0.15) is 44.6 Å². The smallest absolute Gasteiger partial charge is 0.239 e. The summed E-state index contributed by atoms with van der Waals surface area (Å²) in [5.74, 6) is 0.345. The highest BCUT2D eigenvalue weighted by Gasteiger charge is 2.47. The fraction of sp³-hybridized carbons (Fsp3) is 0.632. The lowest BCUT2D eigenvalue weighted by molar-refractivity contribution is -0.133. The molecule has 134 valence electrons. The minimum Gasteiger partial charge on any atom is -0.341 e. The van der Waals surface area contributed by atoms with Crippen molar-refractivity contribution in [1.29, 1.82) is 0 Å². The van der Waals surface area contributed by atoms with E-state index in [2.05, 4.69) is 43.0 Å². The number of nitrogens with two attached hydrogens (primary N) is 1. The molecule has 1 saturated carbocycles. The Bertz CT molecular complexity index is 571. The van der Waals surface area contributed by atoms with E-state index in [1.807, 2.05) is 0 Å². The van der Waals surface area contributed by atoms with E-state index in [0.717, 1.165) is 45.2 Å². The van der Waals surface area contributed by atoms with Gasteiger partial charge in [0.15, 0.2) is 0 Å². The Morgan fingerprint density at radius 2 is 1.83 bits per heavy atom. The van der Waals surface area contributed by atoms with Crippen molar-refractivity contribution in [2.45, 2.75) is 55.6 Å². The zero-order valence-electron chi connectivity index (χ0n) is 14.7. The van der Waals surface area contributed by atoms with E-state index in [9.17, 15) is 4.79 Å². The number of hydrogen-bond acceptors (Lipinski definition) is 3. The molecule has 2 fully saturated rings. The lowest BCUT2D eigenvalue weighted by Crippen LogP contribution is -2.45. The van der Waals surface area contributed by atoms with Gasteiger partial charge in [0, 0.05) is 18.0 Å². The van der Waals surface area contributed by atoms with Crippen molar-refractivity contribution >= 4 is 30.1 Å². The van der Waals surface area contributed by atoms with Gasteiger partial charge >= 0.3 is 0 Å². The van der Waals surface area contributed by atoms with E-state index in [0.29, 0.717) is 12.5 Å². The van der Waals surface area contributed by atoms with Gasteiger partial charge in [-0.15, -0.1) is 24.2 Å². The van der Waals surface area contributed by atoms with Crippen LogP contribution in [-0.2, 0) is 4.79 Å². The summed E-state index contributed by atoms with van der Waals surface area (Å²) in [4.78, 5) is 16.6. The zero-order valence-corrected chi connectivity index (χ0v) is 16.3. The number of hydrogen-bond donors (Lipinski definition) is 1. The van der Waals surface area contributed by atoms with Crippen LogP contribution in [0.5, 0.6) is 0 Å². The Morgan fingerprint density at radius 1 is 1.21 bits per heavy atom. The lowest BCUT2D eigenvalue weighted by Gasteiger charge is -2.33. The number of carbonyl (C=O) groups is 1. The topological polar surface area (TPSA) is 46.3 Å². The molecule has 2 N–H and O–H groups in total. The molecule has 1 aromatic rings. The van der Waals surface area contributed by atoms with E-state index < -0.39 is 0 Å². The molecule has 1 heterocycles. The van der Waals surface area contributed by atoms with E-state index in [-0.39, 0.29) is 22.6 Å². The first-order valence-corrected chi connectivity index (χ1v) is 9.53. The molecular formula is C19H29ClN2OS. The number of likely N-dealkylation sites (tertiary alicyclic amines) is 1. The van der Waals surface area contributed by atoms with Gasteiger partial charge in [-0.25, -0.2) is 0 Å². The summed E-state index contributed by atoms with van der Waals surface area (Å²) in [5.41, 5.74) is 7.28. The third-order valence-corrected chi connectivity index (χ3v) is 6.95. The first-order valence-electron chi connectivity index (χ1n) is 8.72. The van der Waals surface area contributed by atoms with E-state index >= 15 is 0 Å². The Hall–Kier alpha value is -0.710. The monoisotopic (exact) mass is 368 g/mol. The van der Waals surface area contributed by atoms with Gasteiger partial charge in [-0.05, 0) is 50.3 Å². The number of aryl methyl sites for hydroxylation is 1. The first kappa shape index (κ1) is 19.6. The maximum Gasteiger partial charge on any atom is 0.239 e. The van der Waals surface area contributed by atoms with Crippen LogP contribution >= 0.6 is 24.2 Å². The largest absolute Gasteiger partial charge is 0.341 e. The molecule has 0 bridgehead atoms. The van der Waals surface area contributed by atoms with Gasteiger partial charge in [0.1, 0.15) is 0 Å². The number of rotatable bonds is 4. The Kier molecular flexibility index (Phi) is 6.27. The molecule has 1 saturated heterocycles. The minimum absolute atomic E-state index is 0. The van der Waals surface area contributed by atoms with Crippen LogP contribution in [0.15, 0.2) is 29.2 Å². The van der Waals surface area contributed by atoms with Crippen LogP contribution < -0.4 is 5.73 Å². The van der Waals surface area contributed by atoms with Crippen molar-refractivity contribution in [3.05, 3.63) is 29.8 Å². The predicted octanol–water partition coefficient (Wildman–Crippen LogP) is 4.02. The molecule has 5 heteroatoms. The second-order valence-electron chi connectivity index (χ2n) is 7.61. The second-order valence-corrected chi connectivity index (χ2v) is 9.07. The SMILES string of the molecule is Cc1ccc(SC2(C(=O)N3CCC(C)(CN)C3)CCCC2)cc1.Cl. The maximum atomic E-state index is 13.3. The Labute approximate surface area is 156 Å². The molecule has 1 aliphatic carbocycles. The molecule has 1 aliphatic heterocycles. The summed E-state index contributed by atoms with van der Waals surface area (Å²) in [6.45, 7) is 6.65. The van der Waals surface area contributed by atoms with Crippen LogP contribution in [0.25, 0.3) is 0 Å². The highest BCUT2D eigenvalue weighted by molar-refractivity contribution is 8.01. The van der Waals surface area contributed by atoms with E-state index in [1.54, 1.807) is 11.8 Å². The van der Waals surface area contributed by atoms with Crippen LogP contribution in [0.3, 0.4) is 0 Å². The standard InChI is InChI=1S/C19H28N2OS.ClH/c1-15-5-7-16(8-6-15)23-19(9-3-4-10-19)17(22)21-12-11-18(2,13-20)14-21;/h5-8H,3-4,9-14,20H2,1-2H3;1H. The normalized spacial score (nSPS) is 25.5. The fourth-order valence-corrected chi connectivity index (χ4v) is 5.22. The molecule has 3 rings (SSSR count). The van der Waals surface area contributed by atoms with Gasteiger partial charge in [0.25, 0.3) is 0 Å². The zero-order chi connectivity index (χ0) is 16.5. The lowest BCUT2D eigenvalue weighted by atomic mass is 9.90. The molecule has 24 heavy (non-hydrogen) atoms. The van der Waals surface area contributed by atoms with Crippen molar-refractivity contribution in [1.82, 2.24) is 4.90 Å². The summed E-state index contributed by atoms with van der Waals surface area (Å²) in [6, 6.07) is 8.58. The van der Waals surface area contributed by atoms with Gasteiger partial charge < -0.3 is 10.6 Å². The number of nitrogens with zero attached hydrogens (tertiary/aromatic N) is 1. The van der Waals surface area contributed by atoms with E-state index in [1.165, 1.54) is 10.5 Å². The molecule has 0 spiro atoms. The summed E-state index contributed by atoms with van der Waals surface area (Å²) in [7, 11) is 0. The van der Waals surface area contributed by atoms with Crippen molar-refractivity contribution < 1.29 is 4.79 Å². The first-order chi connectivity index (χ1) is 11.0. The molecular weight excluding hydrogens is 340 g/mol. The quantitative estimate of drug-likeness (QED) is 0.873. The molecule has 1 aromatic carbocycles. The average molecular weight is 369 g/mol. The van der Waals surface area contributed by atoms with Gasteiger partial charge in [-0.3, -0.25) is 4.79 Å². The van der Waals surface area contributed by atoms with Gasteiger partial charge in [-0.1, -0.05) is 37.5 Å². The number of carbonyl (C=O) groups excluding carboxylic acids is 1. The van der Waals surface area contributed by atoms with Crippen molar-refractivity contribution in [2.24, 2.45) is 11.1 Å². The molecule has 1 unspecified atom stereocenters. The van der Waals surface area contributed by atoms with Crippen molar-refractivity contribution in [2.75, 3.05) is 19.6 Å². The van der Waals surface area contributed by atoms with Crippen molar-refractivity contribution in [3.63, 3.8) is 0 Å². The number of benzene rings is 1. The molecule has 2 aliphatic rings. The van der Waals surface area contributed by atoms with Crippen LogP contribution in [0.4, 0.5) is 0 Å². The van der Waals surface area contributed by atoms with Gasteiger partial charge in [0.2, 0.25) is 5.91 Å². The van der Waals surface area contributed by atoms with Crippen LogP contribution in [0.2, 0.25) is 0 Å². The molecule has 0 aromatic heterocycles. The predicted molar refractivity (Wildman–Crippen MR) is 104 cm³/mol. The summed E-state index contributed by atoms with van der Waals surface area (Å²) in [6.07, 6.45) is 5.35. The second kappa shape index (κ2) is 7.67. The highest BCUT2D eigenvalue weighted by Crippen LogP contribution is 2.47. The van der Waals surface area contributed by atoms with Gasteiger partial charge in [-0.2, -0.15) is 0 Å². The Balaban J connectivity index is 0.00000208. The molecule has 0 radical (unpaired) electrons. The Morgan fingerprint density at radius 3 is 2.38 bits per heavy atom. The van der Waals surface area contributed by atoms with Crippen LogP contribution in [-0.4, -0.2) is 35.2 Å². The third-order valence-electron chi connectivity index (χ3n) is 5.47. The summed E-state index contributed by atoms with van der Waals surface area (Å²) >= 11 is 1.79. The third kappa shape index (κ3) is 3.92. The minimum atomic E-state index is -0.255. The molecule has 3 nitrogen and oxygen atoms in total. The average Bonchev–Trinajstić information content (AvgIpc) is 3.17. The number of halogens is 1. The fourth-order valence-electron chi connectivity index (χ4n) is 3.79. The molecule has 1 atom stereocenters. The van der Waals surface area contributed by atoms with Crippen molar-refractivity contribution in [3.8, 4) is 0 Å².